The molecule has 0 radical (unpaired) electrons. The molecule has 2 rings (SSSR count). The van der Waals surface area contributed by atoms with Gasteiger partial charge in [-0.25, -0.2) is 0 Å². The fourth-order valence-electron chi connectivity index (χ4n) is 2.35. The minimum absolute atomic E-state index is 0.0522. The molecule has 0 spiro atoms. The summed E-state index contributed by atoms with van der Waals surface area (Å²) in [6.45, 7) is 2.36. The van der Waals surface area contributed by atoms with Crippen LogP contribution in [0.2, 0.25) is 0 Å². The van der Waals surface area contributed by atoms with Gasteiger partial charge in [-0.1, -0.05) is 25.1 Å². The molecular formula is C14H18N2O3. The lowest BCUT2D eigenvalue weighted by Gasteiger charge is -2.35. The molecular weight excluding hydrogens is 244 g/mol. The molecule has 0 bridgehead atoms. The van der Waals surface area contributed by atoms with Crippen molar-refractivity contribution in [3.63, 3.8) is 0 Å². The summed E-state index contributed by atoms with van der Waals surface area (Å²) in [5.74, 6) is -0.190. The number of ether oxygens (including phenoxy) is 1. The van der Waals surface area contributed by atoms with Gasteiger partial charge < -0.3 is 10.1 Å². The fraction of sp³-hybridized carbons (Fsp3) is 0.429. The number of rotatable bonds is 4. The lowest BCUT2D eigenvalue weighted by Crippen LogP contribution is -2.58. The van der Waals surface area contributed by atoms with Crippen LogP contribution in [0.4, 0.5) is 5.69 Å². The van der Waals surface area contributed by atoms with Crippen LogP contribution in [0.15, 0.2) is 24.3 Å². The summed E-state index contributed by atoms with van der Waals surface area (Å²) in [5.41, 5.74) is 1.67. The van der Waals surface area contributed by atoms with Crippen molar-refractivity contribution in [1.82, 2.24) is 5.32 Å². The number of hydrogen-bond donors (Lipinski definition) is 1. The van der Waals surface area contributed by atoms with Crippen molar-refractivity contribution in [2.75, 3.05) is 18.6 Å². The van der Waals surface area contributed by atoms with E-state index in [4.69, 9.17) is 4.74 Å². The molecule has 1 unspecified atom stereocenters. The highest BCUT2D eigenvalue weighted by Crippen LogP contribution is 2.26. The second-order valence-corrected chi connectivity index (χ2v) is 4.47. The van der Waals surface area contributed by atoms with Crippen molar-refractivity contribution in [2.24, 2.45) is 0 Å². The van der Waals surface area contributed by atoms with Crippen LogP contribution in [0.25, 0.3) is 0 Å². The molecule has 19 heavy (non-hydrogen) atoms. The van der Waals surface area contributed by atoms with E-state index in [0.717, 1.165) is 11.3 Å². The molecule has 1 saturated heterocycles. The molecule has 102 valence electrons. The lowest BCUT2D eigenvalue weighted by atomic mass is 10.1. The van der Waals surface area contributed by atoms with Gasteiger partial charge in [-0.05, 0) is 12.5 Å². The third kappa shape index (κ3) is 2.61. The highest BCUT2D eigenvalue weighted by molar-refractivity contribution is 6.06. The molecule has 0 aromatic heterocycles. The van der Waals surface area contributed by atoms with E-state index in [9.17, 15) is 9.59 Å². The van der Waals surface area contributed by atoms with Crippen LogP contribution in [-0.2, 0) is 20.9 Å². The number of nitrogens with one attached hydrogen (secondary N) is 1. The maximum Gasteiger partial charge on any atom is 0.247 e. The molecule has 1 aliphatic heterocycles. The first-order valence-corrected chi connectivity index (χ1v) is 6.35. The molecule has 1 atom stereocenters. The van der Waals surface area contributed by atoms with E-state index >= 15 is 0 Å². The number of amides is 2. The Morgan fingerprint density at radius 3 is 2.79 bits per heavy atom. The van der Waals surface area contributed by atoms with Gasteiger partial charge in [0, 0.05) is 12.7 Å². The smallest absolute Gasteiger partial charge is 0.247 e. The normalized spacial score (nSPS) is 19.5. The van der Waals surface area contributed by atoms with Crippen LogP contribution < -0.4 is 10.2 Å². The van der Waals surface area contributed by atoms with Crippen molar-refractivity contribution in [1.29, 1.82) is 0 Å². The standard InChI is InChI=1S/C14H18N2O3/c1-3-11-14(18)15-8-13(17)16(11)12-7-5-4-6-10(12)9-19-2/h4-7,11H,3,8-9H2,1-2H3,(H,15,18). The topological polar surface area (TPSA) is 58.6 Å². The van der Waals surface area contributed by atoms with Crippen molar-refractivity contribution >= 4 is 17.5 Å². The number of carbonyl (C=O) groups is 2. The van der Waals surface area contributed by atoms with Crippen molar-refractivity contribution < 1.29 is 14.3 Å². The van der Waals surface area contributed by atoms with E-state index in [2.05, 4.69) is 5.32 Å². The number of para-hydroxylation sites is 1. The first kappa shape index (κ1) is 13.5. The molecule has 1 N–H and O–H groups in total. The number of carbonyl (C=O) groups excluding carboxylic acids is 2. The van der Waals surface area contributed by atoms with Gasteiger partial charge in [-0.3, -0.25) is 14.5 Å². The molecule has 1 heterocycles. The predicted molar refractivity (Wildman–Crippen MR) is 71.7 cm³/mol. The zero-order valence-electron chi connectivity index (χ0n) is 11.2. The highest BCUT2D eigenvalue weighted by Gasteiger charge is 2.34. The van der Waals surface area contributed by atoms with Gasteiger partial charge >= 0.3 is 0 Å². The Morgan fingerprint density at radius 1 is 1.37 bits per heavy atom. The van der Waals surface area contributed by atoms with Crippen LogP contribution >= 0.6 is 0 Å². The van der Waals surface area contributed by atoms with E-state index in [0.29, 0.717) is 13.0 Å². The zero-order chi connectivity index (χ0) is 13.8. The number of nitrogens with zero attached hydrogens (tertiary/aromatic N) is 1. The minimum Gasteiger partial charge on any atom is -0.380 e. The third-order valence-electron chi connectivity index (χ3n) is 3.23. The molecule has 0 aliphatic carbocycles. The molecule has 1 aromatic carbocycles. The molecule has 1 fully saturated rings. The first-order valence-electron chi connectivity index (χ1n) is 6.35. The molecule has 1 aliphatic rings. The van der Waals surface area contributed by atoms with Crippen molar-refractivity contribution in [3.8, 4) is 0 Å². The summed E-state index contributed by atoms with van der Waals surface area (Å²) in [6, 6.07) is 7.08. The maximum absolute atomic E-state index is 12.1. The van der Waals surface area contributed by atoms with Gasteiger partial charge in [0.05, 0.1) is 18.8 Å². The van der Waals surface area contributed by atoms with Crippen LogP contribution in [-0.4, -0.2) is 31.5 Å². The Hall–Kier alpha value is -1.88. The molecule has 1 aromatic rings. The minimum atomic E-state index is -0.445. The summed E-state index contributed by atoms with van der Waals surface area (Å²) in [6.07, 6.45) is 0.582. The second kappa shape index (κ2) is 5.84. The second-order valence-electron chi connectivity index (χ2n) is 4.47. The number of hydrogen-bond acceptors (Lipinski definition) is 3. The van der Waals surface area contributed by atoms with E-state index < -0.39 is 6.04 Å². The Morgan fingerprint density at radius 2 is 2.11 bits per heavy atom. The fourth-order valence-corrected chi connectivity index (χ4v) is 2.35. The Labute approximate surface area is 112 Å². The van der Waals surface area contributed by atoms with E-state index in [-0.39, 0.29) is 18.4 Å². The van der Waals surface area contributed by atoms with E-state index in [1.165, 1.54) is 0 Å². The van der Waals surface area contributed by atoms with E-state index in [1.807, 2.05) is 31.2 Å². The monoisotopic (exact) mass is 262 g/mol. The maximum atomic E-state index is 12.1. The van der Waals surface area contributed by atoms with Gasteiger partial charge in [0.1, 0.15) is 6.04 Å². The summed E-state index contributed by atoms with van der Waals surface area (Å²) < 4.78 is 5.15. The highest BCUT2D eigenvalue weighted by atomic mass is 16.5. The van der Waals surface area contributed by atoms with Gasteiger partial charge in [0.2, 0.25) is 11.8 Å². The number of benzene rings is 1. The lowest BCUT2D eigenvalue weighted by molar-refractivity contribution is -0.131. The number of anilines is 1. The summed E-state index contributed by atoms with van der Waals surface area (Å²) in [7, 11) is 1.61. The van der Waals surface area contributed by atoms with Gasteiger partial charge in [0.15, 0.2) is 0 Å². The summed E-state index contributed by atoms with van der Waals surface area (Å²) >= 11 is 0. The molecule has 2 amide bonds. The predicted octanol–water partition coefficient (Wildman–Crippen LogP) is 1.07. The average Bonchev–Trinajstić information content (AvgIpc) is 2.42. The number of methoxy groups -OCH3 is 1. The average molecular weight is 262 g/mol. The van der Waals surface area contributed by atoms with Crippen LogP contribution in [0, 0.1) is 0 Å². The van der Waals surface area contributed by atoms with Crippen molar-refractivity contribution in [2.45, 2.75) is 26.0 Å². The van der Waals surface area contributed by atoms with Crippen molar-refractivity contribution in [3.05, 3.63) is 29.8 Å². The number of piperazine rings is 1. The quantitative estimate of drug-likeness (QED) is 0.883. The van der Waals surface area contributed by atoms with Gasteiger partial charge in [0.25, 0.3) is 0 Å². The molecule has 5 heteroatoms. The largest absolute Gasteiger partial charge is 0.380 e. The SMILES string of the molecule is CCC1C(=O)NCC(=O)N1c1ccccc1COC. The van der Waals surface area contributed by atoms with Crippen LogP contribution in [0.1, 0.15) is 18.9 Å². The third-order valence-corrected chi connectivity index (χ3v) is 3.23. The van der Waals surface area contributed by atoms with Crippen LogP contribution in [0.3, 0.4) is 0 Å². The van der Waals surface area contributed by atoms with Gasteiger partial charge in [-0.15, -0.1) is 0 Å². The summed E-state index contributed by atoms with van der Waals surface area (Å²) in [4.78, 5) is 25.6. The van der Waals surface area contributed by atoms with Gasteiger partial charge in [-0.2, -0.15) is 0 Å². The first-order chi connectivity index (χ1) is 9.19. The molecule has 0 saturated carbocycles. The zero-order valence-corrected chi connectivity index (χ0v) is 11.2. The summed E-state index contributed by atoms with van der Waals surface area (Å²) in [5, 5.41) is 2.62. The van der Waals surface area contributed by atoms with E-state index in [1.54, 1.807) is 12.0 Å². The Kier molecular flexibility index (Phi) is 4.16. The Balaban J connectivity index is 2.42. The molecule has 5 nitrogen and oxygen atoms in total. The Bertz CT molecular complexity index is 487. The van der Waals surface area contributed by atoms with Crippen LogP contribution in [0.5, 0.6) is 0 Å².